The molecule has 1 unspecified atom stereocenters. The number of aryl methyl sites for hydroxylation is 1. The molecule has 4 rings (SSSR count). The maximum absolute atomic E-state index is 14.1. The van der Waals surface area contributed by atoms with E-state index in [0.29, 0.717) is 5.56 Å². The monoisotopic (exact) mass is 529 g/mol. The Kier molecular flexibility index (Phi) is 6.30. The molecule has 0 saturated carbocycles. The second kappa shape index (κ2) is 8.79. The molecule has 1 atom stereocenters. The Morgan fingerprint density at radius 1 is 0.971 bits per heavy atom. The Labute approximate surface area is 203 Å². The third-order valence-corrected chi connectivity index (χ3v) is 6.92. The summed E-state index contributed by atoms with van der Waals surface area (Å²) in [6, 6.07) is 15.1. The molecule has 1 heterocycles. The number of nitrogens with zero attached hydrogens (tertiary/aromatic N) is 1. The minimum absolute atomic E-state index is 0.00690. The highest BCUT2D eigenvalue weighted by Gasteiger charge is 2.62. The molecule has 0 aliphatic carbocycles. The molecule has 0 radical (unpaired) electrons. The molecule has 0 N–H and O–H groups in total. The molecule has 0 amide bonds. The van der Waals surface area contributed by atoms with Crippen LogP contribution in [0, 0.1) is 6.92 Å². The summed E-state index contributed by atoms with van der Waals surface area (Å²) < 4.78 is 72.4. The van der Waals surface area contributed by atoms with Gasteiger partial charge in [-0.15, -0.1) is 0 Å². The molecular formula is C23H16Cl2F3NO4S. The van der Waals surface area contributed by atoms with Gasteiger partial charge in [-0.25, -0.2) is 0 Å². The van der Waals surface area contributed by atoms with E-state index in [9.17, 15) is 21.6 Å². The van der Waals surface area contributed by atoms with Gasteiger partial charge in [0.1, 0.15) is 10.6 Å². The molecule has 0 fully saturated rings. The number of hydrogen-bond donors (Lipinski definition) is 0. The van der Waals surface area contributed by atoms with Crippen molar-refractivity contribution >= 4 is 39.0 Å². The van der Waals surface area contributed by atoms with Crippen LogP contribution in [0.1, 0.15) is 23.1 Å². The van der Waals surface area contributed by atoms with Crippen LogP contribution in [0.25, 0.3) is 0 Å². The SMILES string of the molecule is Cc1ccc(S(=O)(=O)Oc2ccc(C3=NOC(c4cc(Cl)cc(Cl)c4)(C(F)(F)F)C3)cc2)cc1. The molecule has 34 heavy (non-hydrogen) atoms. The van der Waals surface area contributed by atoms with E-state index in [1.807, 2.05) is 6.92 Å². The summed E-state index contributed by atoms with van der Waals surface area (Å²) in [4.78, 5) is 4.94. The molecule has 1 aliphatic rings. The third-order valence-electron chi connectivity index (χ3n) is 5.22. The number of alkyl halides is 3. The molecule has 0 aromatic heterocycles. The average Bonchev–Trinajstić information content (AvgIpc) is 3.21. The standard InChI is InChI=1S/C23H16Cl2F3NO4S/c1-14-2-8-20(9-3-14)34(30,31)32-19-6-4-15(5-7-19)21-13-22(33-29-21,23(26,27)28)16-10-17(24)12-18(25)11-16/h2-12H,13H2,1H3. The maximum Gasteiger partial charge on any atom is 0.435 e. The van der Waals surface area contributed by atoms with E-state index in [2.05, 4.69) is 5.16 Å². The molecule has 0 saturated heterocycles. The average molecular weight is 530 g/mol. The highest BCUT2D eigenvalue weighted by atomic mass is 35.5. The lowest BCUT2D eigenvalue weighted by Crippen LogP contribution is -2.42. The Morgan fingerprint density at radius 2 is 1.56 bits per heavy atom. The Balaban J connectivity index is 1.57. The predicted octanol–water partition coefficient (Wildman–Crippen LogP) is 6.65. The molecule has 0 bridgehead atoms. The quantitative estimate of drug-likeness (QED) is 0.347. The van der Waals surface area contributed by atoms with Gasteiger partial charge in [0.25, 0.3) is 5.60 Å². The van der Waals surface area contributed by atoms with E-state index >= 15 is 0 Å². The molecule has 11 heteroatoms. The van der Waals surface area contributed by atoms with Crippen molar-refractivity contribution in [1.82, 2.24) is 0 Å². The summed E-state index contributed by atoms with van der Waals surface area (Å²) in [6.45, 7) is 1.82. The zero-order valence-corrected chi connectivity index (χ0v) is 19.8. The zero-order valence-electron chi connectivity index (χ0n) is 17.4. The molecule has 3 aromatic carbocycles. The molecular weight excluding hydrogens is 514 g/mol. The first-order valence-corrected chi connectivity index (χ1v) is 12.0. The van der Waals surface area contributed by atoms with Crippen molar-refractivity contribution in [1.29, 1.82) is 0 Å². The fraction of sp³-hybridized carbons (Fsp3) is 0.174. The van der Waals surface area contributed by atoms with Crippen LogP contribution in [0.15, 0.2) is 76.8 Å². The van der Waals surface area contributed by atoms with Crippen molar-refractivity contribution < 1.29 is 30.6 Å². The van der Waals surface area contributed by atoms with Crippen molar-refractivity contribution in [3.8, 4) is 5.75 Å². The van der Waals surface area contributed by atoms with Gasteiger partial charge in [-0.3, -0.25) is 0 Å². The summed E-state index contributed by atoms with van der Waals surface area (Å²) >= 11 is 11.8. The third kappa shape index (κ3) is 4.73. The highest BCUT2D eigenvalue weighted by molar-refractivity contribution is 7.87. The molecule has 178 valence electrons. The van der Waals surface area contributed by atoms with E-state index in [4.69, 9.17) is 32.2 Å². The van der Waals surface area contributed by atoms with Crippen LogP contribution in [0.4, 0.5) is 13.2 Å². The molecule has 0 spiro atoms. The van der Waals surface area contributed by atoms with Gasteiger partial charge in [-0.2, -0.15) is 21.6 Å². The summed E-state index contributed by atoms with van der Waals surface area (Å²) in [6.07, 6.45) is -5.45. The second-order valence-corrected chi connectivity index (χ2v) is 10.1. The van der Waals surface area contributed by atoms with Crippen molar-refractivity contribution in [3.05, 3.63) is 93.5 Å². The number of benzene rings is 3. The highest BCUT2D eigenvalue weighted by Crippen LogP contribution is 2.49. The van der Waals surface area contributed by atoms with Crippen LogP contribution in [0.2, 0.25) is 10.0 Å². The van der Waals surface area contributed by atoms with E-state index in [-0.39, 0.29) is 32.0 Å². The van der Waals surface area contributed by atoms with Gasteiger partial charge >= 0.3 is 16.3 Å². The largest absolute Gasteiger partial charge is 0.435 e. The lowest BCUT2D eigenvalue weighted by atomic mass is 9.86. The fourth-order valence-electron chi connectivity index (χ4n) is 3.43. The van der Waals surface area contributed by atoms with Crippen LogP contribution < -0.4 is 4.18 Å². The first kappa shape index (κ1) is 24.4. The molecule has 5 nitrogen and oxygen atoms in total. The molecule has 1 aliphatic heterocycles. The van der Waals surface area contributed by atoms with Crippen LogP contribution in [0.5, 0.6) is 5.75 Å². The van der Waals surface area contributed by atoms with Crippen LogP contribution in [0.3, 0.4) is 0 Å². The smallest absolute Gasteiger partial charge is 0.379 e. The summed E-state index contributed by atoms with van der Waals surface area (Å²) in [5, 5.41) is 3.73. The van der Waals surface area contributed by atoms with Gasteiger partial charge in [0, 0.05) is 22.0 Å². The van der Waals surface area contributed by atoms with Crippen molar-refractivity contribution in [2.45, 2.75) is 30.0 Å². The van der Waals surface area contributed by atoms with E-state index in [1.54, 1.807) is 12.1 Å². The van der Waals surface area contributed by atoms with Gasteiger partial charge in [0.05, 0.1) is 5.71 Å². The topological polar surface area (TPSA) is 65.0 Å². The number of hydrogen-bond acceptors (Lipinski definition) is 5. The van der Waals surface area contributed by atoms with Gasteiger partial charge < -0.3 is 9.02 Å². The molecule has 3 aromatic rings. The Morgan fingerprint density at radius 3 is 2.12 bits per heavy atom. The first-order valence-electron chi connectivity index (χ1n) is 9.80. The second-order valence-electron chi connectivity index (χ2n) is 7.66. The van der Waals surface area contributed by atoms with Gasteiger partial charge in [-0.05, 0) is 67.1 Å². The van der Waals surface area contributed by atoms with Gasteiger partial charge in [0.15, 0.2) is 0 Å². The van der Waals surface area contributed by atoms with Crippen molar-refractivity contribution in [2.24, 2.45) is 5.16 Å². The van der Waals surface area contributed by atoms with Crippen LogP contribution in [-0.2, 0) is 20.6 Å². The van der Waals surface area contributed by atoms with E-state index in [0.717, 1.165) is 17.7 Å². The first-order chi connectivity index (χ1) is 15.9. The lowest BCUT2D eigenvalue weighted by Gasteiger charge is -2.29. The normalized spacial score (nSPS) is 18.4. The van der Waals surface area contributed by atoms with Crippen molar-refractivity contribution in [3.63, 3.8) is 0 Å². The van der Waals surface area contributed by atoms with Crippen LogP contribution in [-0.4, -0.2) is 20.3 Å². The van der Waals surface area contributed by atoms with E-state index in [1.165, 1.54) is 42.5 Å². The lowest BCUT2D eigenvalue weighted by molar-refractivity contribution is -0.275. The minimum atomic E-state index is -4.82. The predicted molar refractivity (Wildman–Crippen MR) is 122 cm³/mol. The number of oxime groups is 1. The van der Waals surface area contributed by atoms with Gasteiger partial charge in [-0.1, -0.05) is 46.1 Å². The summed E-state index contributed by atoms with van der Waals surface area (Å²) in [5.74, 6) is -0.00690. The summed E-state index contributed by atoms with van der Waals surface area (Å²) in [5.41, 5.74) is -1.83. The fourth-order valence-corrected chi connectivity index (χ4v) is 4.88. The zero-order chi connectivity index (χ0) is 24.7. The van der Waals surface area contributed by atoms with Crippen molar-refractivity contribution in [2.75, 3.05) is 0 Å². The maximum atomic E-state index is 14.1. The Hall–Kier alpha value is -2.75. The number of halogens is 5. The number of rotatable bonds is 5. The minimum Gasteiger partial charge on any atom is -0.379 e. The van der Waals surface area contributed by atoms with Crippen LogP contribution >= 0.6 is 23.2 Å². The van der Waals surface area contributed by atoms with Gasteiger partial charge in [0.2, 0.25) is 0 Å². The summed E-state index contributed by atoms with van der Waals surface area (Å²) in [7, 11) is -4.07. The van der Waals surface area contributed by atoms with E-state index < -0.39 is 28.3 Å². The Bertz CT molecular complexity index is 1340.